The van der Waals surface area contributed by atoms with Gasteiger partial charge in [-0.25, -0.2) is 4.79 Å². The van der Waals surface area contributed by atoms with Gasteiger partial charge in [0.25, 0.3) is 0 Å². The van der Waals surface area contributed by atoms with Gasteiger partial charge >= 0.3 is 5.97 Å². The number of allylic oxidation sites excluding steroid dienone is 1. The Hall–Kier alpha value is -2.05. The molecule has 0 aromatic heterocycles. The van der Waals surface area contributed by atoms with E-state index in [4.69, 9.17) is 9.47 Å². The summed E-state index contributed by atoms with van der Waals surface area (Å²) in [6.45, 7) is 7.69. The highest BCUT2D eigenvalue weighted by Crippen LogP contribution is 2.57. The molecule has 0 heterocycles. The van der Waals surface area contributed by atoms with Crippen molar-refractivity contribution in [3.05, 3.63) is 35.9 Å². The summed E-state index contributed by atoms with van der Waals surface area (Å²) in [5.74, 6) is -0.836. The summed E-state index contributed by atoms with van der Waals surface area (Å²) in [6.07, 6.45) is 4.63. The summed E-state index contributed by atoms with van der Waals surface area (Å²) in [7, 11) is 1.41. The van der Waals surface area contributed by atoms with Gasteiger partial charge in [-0.1, -0.05) is 32.9 Å². The van der Waals surface area contributed by atoms with Gasteiger partial charge in [0.15, 0.2) is 11.5 Å². The molecule has 1 fully saturated rings. The molecular formula is C23H32O6. The minimum absolute atomic E-state index is 0.0271. The fourth-order valence-corrected chi connectivity index (χ4v) is 5.02. The maximum absolute atomic E-state index is 12.9. The number of ether oxygens (including phenoxy) is 2. The molecule has 0 aliphatic heterocycles. The highest BCUT2D eigenvalue weighted by atomic mass is 16.5. The SMILES string of the molecule is COc1cc(C(=O)O[C@H]2C[C@@](C)(O)C=C[C@@]3(C)CC[C@@](O)(C(C)C)C23)ccc1O. The molecule has 3 rings (SSSR count). The minimum Gasteiger partial charge on any atom is -0.504 e. The van der Waals surface area contributed by atoms with Crippen molar-refractivity contribution >= 4 is 5.97 Å². The van der Waals surface area contributed by atoms with Gasteiger partial charge in [0, 0.05) is 12.3 Å². The lowest BCUT2D eigenvalue weighted by Crippen LogP contribution is -2.51. The van der Waals surface area contributed by atoms with E-state index in [2.05, 4.69) is 6.92 Å². The molecule has 6 heteroatoms. The lowest BCUT2D eigenvalue weighted by Gasteiger charge is -2.43. The monoisotopic (exact) mass is 404 g/mol. The predicted molar refractivity (Wildman–Crippen MR) is 109 cm³/mol. The lowest BCUT2D eigenvalue weighted by atomic mass is 9.68. The van der Waals surface area contributed by atoms with Crippen LogP contribution in [-0.4, -0.2) is 45.7 Å². The van der Waals surface area contributed by atoms with E-state index in [0.29, 0.717) is 6.42 Å². The van der Waals surface area contributed by atoms with E-state index in [0.717, 1.165) is 6.42 Å². The standard InChI is InChI=1S/C23H32O6/c1-14(2)23(27)11-9-21(3)8-10-22(4,26)13-18(19(21)23)29-20(25)15-6-7-16(24)17(12-15)28-5/h6-8,10,12,14,18-19,24,26-27H,9,11,13H2,1-5H3/t18-,19?,21-,22-,23+/m0/s1. The molecule has 5 atom stereocenters. The van der Waals surface area contributed by atoms with Crippen molar-refractivity contribution < 1.29 is 29.6 Å². The van der Waals surface area contributed by atoms with Crippen LogP contribution in [0.4, 0.5) is 0 Å². The zero-order valence-corrected chi connectivity index (χ0v) is 17.8. The molecule has 29 heavy (non-hydrogen) atoms. The molecule has 2 aliphatic carbocycles. The van der Waals surface area contributed by atoms with Crippen molar-refractivity contribution in [2.45, 2.75) is 64.3 Å². The van der Waals surface area contributed by atoms with Crippen LogP contribution in [0.15, 0.2) is 30.4 Å². The summed E-state index contributed by atoms with van der Waals surface area (Å²) in [4.78, 5) is 12.9. The van der Waals surface area contributed by atoms with Gasteiger partial charge in [0.2, 0.25) is 0 Å². The van der Waals surface area contributed by atoms with Crippen LogP contribution in [0.5, 0.6) is 11.5 Å². The van der Waals surface area contributed by atoms with Crippen molar-refractivity contribution in [3.8, 4) is 11.5 Å². The van der Waals surface area contributed by atoms with Crippen LogP contribution in [0.3, 0.4) is 0 Å². The second-order valence-electron chi connectivity index (χ2n) is 9.35. The van der Waals surface area contributed by atoms with E-state index in [-0.39, 0.29) is 35.3 Å². The number of phenolic OH excluding ortho intramolecular Hbond substituents is 1. The Labute approximate surface area is 172 Å². The Morgan fingerprint density at radius 3 is 2.48 bits per heavy atom. The molecule has 1 aromatic rings. The Morgan fingerprint density at radius 2 is 1.86 bits per heavy atom. The summed E-state index contributed by atoms with van der Waals surface area (Å²) >= 11 is 0. The van der Waals surface area contributed by atoms with E-state index >= 15 is 0 Å². The number of aromatic hydroxyl groups is 1. The van der Waals surface area contributed by atoms with Crippen LogP contribution < -0.4 is 4.74 Å². The molecule has 1 saturated carbocycles. The van der Waals surface area contributed by atoms with Crippen molar-refractivity contribution in [3.63, 3.8) is 0 Å². The fraction of sp³-hybridized carbons (Fsp3) is 0.609. The molecular weight excluding hydrogens is 372 g/mol. The molecule has 0 amide bonds. The first kappa shape index (κ1) is 21.7. The zero-order chi connectivity index (χ0) is 21.6. The number of phenols is 1. The first-order valence-electron chi connectivity index (χ1n) is 10.1. The Bertz CT molecular complexity index is 814. The maximum Gasteiger partial charge on any atom is 0.338 e. The molecule has 0 spiro atoms. The van der Waals surface area contributed by atoms with E-state index < -0.39 is 28.7 Å². The predicted octanol–water partition coefficient (Wildman–Crippen LogP) is 3.44. The van der Waals surface area contributed by atoms with Crippen LogP contribution in [0.1, 0.15) is 57.3 Å². The highest BCUT2D eigenvalue weighted by Gasteiger charge is 2.60. The highest BCUT2D eigenvalue weighted by molar-refractivity contribution is 5.90. The summed E-state index contributed by atoms with van der Waals surface area (Å²) in [6, 6.07) is 4.27. The van der Waals surface area contributed by atoms with E-state index in [1.807, 2.05) is 19.9 Å². The first-order chi connectivity index (χ1) is 13.4. The summed E-state index contributed by atoms with van der Waals surface area (Å²) in [5, 5.41) is 32.1. The number of carbonyl (C=O) groups is 1. The number of hydrogen-bond donors (Lipinski definition) is 3. The normalized spacial score (nSPS) is 36.6. The number of hydrogen-bond acceptors (Lipinski definition) is 6. The smallest absolute Gasteiger partial charge is 0.338 e. The third-order valence-electron chi connectivity index (χ3n) is 6.80. The third-order valence-corrected chi connectivity index (χ3v) is 6.80. The van der Waals surface area contributed by atoms with Crippen molar-refractivity contribution in [2.24, 2.45) is 17.3 Å². The average Bonchev–Trinajstić information content (AvgIpc) is 2.87. The Kier molecular flexibility index (Phi) is 5.47. The van der Waals surface area contributed by atoms with Crippen LogP contribution in [-0.2, 0) is 4.74 Å². The van der Waals surface area contributed by atoms with Crippen LogP contribution in [0.25, 0.3) is 0 Å². The van der Waals surface area contributed by atoms with Crippen molar-refractivity contribution in [2.75, 3.05) is 7.11 Å². The van der Waals surface area contributed by atoms with Crippen molar-refractivity contribution in [1.29, 1.82) is 0 Å². The van der Waals surface area contributed by atoms with Crippen LogP contribution >= 0.6 is 0 Å². The van der Waals surface area contributed by atoms with Crippen molar-refractivity contribution in [1.82, 2.24) is 0 Å². The van der Waals surface area contributed by atoms with Crippen LogP contribution in [0, 0.1) is 17.3 Å². The van der Waals surface area contributed by atoms with Gasteiger partial charge in [-0.15, -0.1) is 0 Å². The number of aliphatic hydroxyl groups is 2. The third kappa shape index (κ3) is 3.88. The van der Waals surface area contributed by atoms with E-state index in [1.165, 1.54) is 25.3 Å². The Balaban J connectivity index is 1.97. The second kappa shape index (κ2) is 7.33. The topological polar surface area (TPSA) is 96.2 Å². The lowest BCUT2D eigenvalue weighted by molar-refractivity contribution is -0.116. The molecule has 6 nitrogen and oxygen atoms in total. The fourth-order valence-electron chi connectivity index (χ4n) is 5.02. The van der Waals surface area contributed by atoms with Gasteiger partial charge in [-0.2, -0.15) is 0 Å². The van der Waals surface area contributed by atoms with E-state index in [9.17, 15) is 20.1 Å². The molecule has 160 valence electrons. The number of fused-ring (bicyclic) bond motifs is 1. The number of rotatable bonds is 4. The molecule has 0 bridgehead atoms. The molecule has 1 unspecified atom stereocenters. The number of carbonyl (C=O) groups excluding carboxylic acids is 1. The Morgan fingerprint density at radius 1 is 1.17 bits per heavy atom. The zero-order valence-electron chi connectivity index (χ0n) is 17.8. The molecule has 2 aliphatic rings. The average molecular weight is 405 g/mol. The number of methoxy groups -OCH3 is 1. The largest absolute Gasteiger partial charge is 0.504 e. The van der Waals surface area contributed by atoms with Gasteiger partial charge in [0.05, 0.1) is 23.9 Å². The minimum atomic E-state index is -1.15. The molecule has 3 N–H and O–H groups in total. The quantitative estimate of drug-likeness (QED) is 0.525. The number of benzene rings is 1. The molecule has 1 aromatic carbocycles. The summed E-state index contributed by atoms with van der Waals surface area (Å²) in [5.41, 5.74) is -2.30. The first-order valence-corrected chi connectivity index (χ1v) is 10.1. The molecule has 0 saturated heterocycles. The maximum atomic E-state index is 12.9. The van der Waals surface area contributed by atoms with E-state index in [1.54, 1.807) is 13.0 Å². The van der Waals surface area contributed by atoms with Crippen LogP contribution in [0.2, 0.25) is 0 Å². The number of esters is 1. The summed E-state index contributed by atoms with van der Waals surface area (Å²) < 4.78 is 11.0. The van der Waals surface area contributed by atoms with Gasteiger partial charge < -0.3 is 24.8 Å². The van der Waals surface area contributed by atoms with Gasteiger partial charge in [-0.05, 0) is 49.3 Å². The second-order valence-corrected chi connectivity index (χ2v) is 9.35. The molecule has 0 radical (unpaired) electrons. The van der Waals surface area contributed by atoms with Gasteiger partial charge in [0.1, 0.15) is 6.10 Å². The van der Waals surface area contributed by atoms with Gasteiger partial charge in [-0.3, -0.25) is 0 Å².